The maximum Gasteiger partial charge on any atom is 0.253 e. The van der Waals surface area contributed by atoms with E-state index in [1.54, 1.807) is 24.5 Å². The van der Waals surface area contributed by atoms with Gasteiger partial charge in [0.1, 0.15) is 6.33 Å². The summed E-state index contributed by atoms with van der Waals surface area (Å²) in [6, 6.07) is 13.3. The third kappa shape index (κ3) is 3.63. The van der Waals surface area contributed by atoms with Gasteiger partial charge in [-0.25, -0.2) is 9.97 Å². The zero-order valence-corrected chi connectivity index (χ0v) is 13.6. The maximum absolute atomic E-state index is 12.3. The van der Waals surface area contributed by atoms with Gasteiger partial charge in [-0.1, -0.05) is 23.8 Å². The van der Waals surface area contributed by atoms with E-state index in [1.807, 2.05) is 38.1 Å². The van der Waals surface area contributed by atoms with Crippen LogP contribution >= 0.6 is 0 Å². The predicted molar refractivity (Wildman–Crippen MR) is 92.3 cm³/mol. The molecule has 0 aliphatic rings. The Kier molecular flexibility index (Phi) is 4.61. The Hall–Kier alpha value is -3.08. The molecule has 3 aromatic rings. The molecule has 0 saturated heterocycles. The van der Waals surface area contributed by atoms with Gasteiger partial charge in [-0.05, 0) is 38.1 Å². The quantitative estimate of drug-likeness (QED) is 0.801. The molecular formula is C19H18N4O. The average Bonchev–Trinajstić information content (AvgIpc) is 2.62. The minimum Gasteiger partial charge on any atom is -0.344 e. The van der Waals surface area contributed by atoms with Gasteiger partial charge in [0.05, 0.1) is 23.0 Å². The molecule has 1 atom stereocenters. The average molecular weight is 318 g/mol. The van der Waals surface area contributed by atoms with Crippen molar-refractivity contribution in [2.24, 2.45) is 0 Å². The van der Waals surface area contributed by atoms with Crippen molar-refractivity contribution in [3.05, 3.63) is 78.0 Å². The van der Waals surface area contributed by atoms with Crippen molar-refractivity contribution in [1.29, 1.82) is 0 Å². The number of carbonyl (C=O) groups is 1. The molecule has 3 rings (SSSR count). The van der Waals surface area contributed by atoms with E-state index in [-0.39, 0.29) is 11.9 Å². The van der Waals surface area contributed by atoms with E-state index in [4.69, 9.17) is 0 Å². The molecule has 0 bridgehead atoms. The number of benzene rings is 1. The molecule has 120 valence electrons. The van der Waals surface area contributed by atoms with Crippen LogP contribution < -0.4 is 5.32 Å². The summed E-state index contributed by atoms with van der Waals surface area (Å²) >= 11 is 0. The van der Waals surface area contributed by atoms with Crippen LogP contribution in [0.4, 0.5) is 0 Å². The molecule has 2 heterocycles. The highest BCUT2D eigenvalue weighted by Crippen LogP contribution is 2.18. The van der Waals surface area contributed by atoms with Crippen LogP contribution in [-0.4, -0.2) is 20.9 Å². The highest BCUT2D eigenvalue weighted by Gasteiger charge is 2.13. The van der Waals surface area contributed by atoms with E-state index in [0.29, 0.717) is 5.56 Å². The van der Waals surface area contributed by atoms with Gasteiger partial charge >= 0.3 is 0 Å². The number of hydrogen-bond acceptors (Lipinski definition) is 4. The summed E-state index contributed by atoms with van der Waals surface area (Å²) in [7, 11) is 0. The lowest BCUT2D eigenvalue weighted by molar-refractivity contribution is 0.0938. The number of hydrogen-bond donors (Lipinski definition) is 1. The number of amides is 1. The molecule has 5 nitrogen and oxygen atoms in total. The van der Waals surface area contributed by atoms with Gasteiger partial charge in [-0.3, -0.25) is 9.78 Å². The molecule has 0 aliphatic heterocycles. The van der Waals surface area contributed by atoms with Gasteiger partial charge in [-0.2, -0.15) is 0 Å². The summed E-state index contributed by atoms with van der Waals surface area (Å²) in [5.74, 6) is -0.176. The number of carbonyl (C=O) groups excluding carboxylic acids is 1. The fourth-order valence-electron chi connectivity index (χ4n) is 2.41. The van der Waals surface area contributed by atoms with Crippen molar-refractivity contribution in [3.8, 4) is 11.3 Å². The van der Waals surface area contributed by atoms with Crippen LogP contribution in [0.1, 0.15) is 34.6 Å². The third-order valence-electron chi connectivity index (χ3n) is 3.74. The summed E-state index contributed by atoms with van der Waals surface area (Å²) in [5.41, 5.74) is 4.35. The maximum atomic E-state index is 12.3. The van der Waals surface area contributed by atoms with Crippen molar-refractivity contribution in [1.82, 2.24) is 20.3 Å². The minimum absolute atomic E-state index is 0.176. The normalized spacial score (nSPS) is 11.8. The van der Waals surface area contributed by atoms with Crippen LogP contribution in [0.3, 0.4) is 0 Å². The second-order valence-electron chi connectivity index (χ2n) is 5.63. The second-order valence-corrected chi connectivity index (χ2v) is 5.63. The van der Waals surface area contributed by atoms with Crippen molar-refractivity contribution in [2.45, 2.75) is 19.9 Å². The van der Waals surface area contributed by atoms with E-state index < -0.39 is 0 Å². The van der Waals surface area contributed by atoms with Gasteiger partial charge < -0.3 is 5.32 Å². The number of pyridine rings is 1. The van der Waals surface area contributed by atoms with Crippen molar-refractivity contribution >= 4 is 5.91 Å². The molecule has 5 heteroatoms. The Balaban J connectivity index is 1.72. The minimum atomic E-state index is -0.197. The number of rotatable bonds is 4. The lowest BCUT2D eigenvalue weighted by Gasteiger charge is -2.13. The lowest BCUT2D eigenvalue weighted by atomic mass is 10.1. The van der Waals surface area contributed by atoms with Gasteiger partial charge in [-0.15, -0.1) is 0 Å². The van der Waals surface area contributed by atoms with Crippen LogP contribution in [0.2, 0.25) is 0 Å². The Morgan fingerprint density at radius 1 is 1.12 bits per heavy atom. The molecule has 1 aromatic carbocycles. The first-order valence-corrected chi connectivity index (χ1v) is 7.73. The highest BCUT2D eigenvalue weighted by molar-refractivity contribution is 5.94. The molecule has 0 spiro atoms. The Bertz CT molecular complexity index is 832. The smallest absolute Gasteiger partial charge is 0.253 e. The van der Waals surface area contributed by atoms with Crippen molar-refractivity contribution in [3.63, 3.8) is 0 Å². The topological polar surface area (TPSA) is 67.8 Å². The number of nitrogens with zero attached hydrogens (tertiary/aromatic N) is 3. The second kappa shape index (κ2) is 7.00. The molecule has 0 aliphatic carbocycles. The Morgan fingerprint density at radius 3 is 2.67 bits per heavy atom. The number of aromatic nitrogens is 3. The molecule has 2 aromatic heterocycles. The van der Waals surface area contributed by atoms with E-state index in [9.17, 15) is 4.79 Å². The molecule has 24 heavy (non-hydrogen) atoms. The van der Waals surface area contributed by atoms with Crippen molar-refractivity contribution in [2.75, 3.05) is 0 Å². The van der Waals surface area contributed by atoms with Gasteiger partial charge in [0.2, 0.25) is 0 Å². The molecular weight excluding hydrogens is 300 g/mol. The first-order chi connectivity index (χ1) is 11.6. The van der Waals surface area contributed by atoms with Gasteiger partial charge in [0.25, 0.3) is 5.91 Å². The fourth-order valence-corrected chi connectivity index (χ4v) is 2.41. The van der Waals surface area contributed by atoms with E-state index in [1.165, 1.54) is 11.9 Å². The molecule has 1 amide bonds. The largest absolute Gasteiger partial charge is 0.344 e. The van der Waals surface area contributed by atoms with Gasteiger partial charge in [0.15, 0.2) is 0 Å². The molecule has 0 saturated carbocycles. The van der Waals surface area contributed by atoms with Crippen LogP contribution in [0.25, 0.3) is 11.3 Å². The number of aryl methyl sites for hydroxylation is 1. The third-order valence-corrected chi connectivity index (χ3v) is 3.74. The Morgan fingerprint density at radius 2 is 2.00 bits per heavy atom. The zero-order chi connectivity index (χ0) is 16.9. The van der Waals surface area contributed by atoms with E-state index in [0.717, 1.165) is 17.0 Å². The van der Waals surface area contributed by atoms with Crippen LogP contribution in [-0.2, 0) is 0 Å². The SMILES string of the molecule is Cc1cccc(-c2ccc(C(=O)NC(C)c3ccncn3)cn2)c1. The van der Waals surface area contributed by atoms with E-state index >= 15 is 0 Å². The van der Waals surface area contributed by atoms with Crippen LogP contribution in [0, 0.1) is 6.92 Å². The summed E-state index contributed by atoms with van der Waals surface area (Å²) in [6.45, 7) is 3.93. The van der Waals surface area contributed by atoms with Gasteiger partial charge in [0, 0.05) is 18.0 Å². The fraction of sp³-hybridized carbons (Fsp3) is 0.158. The molecule has 1 unspecified atom stereocenters. The molecule has 0 fully saturated rings. The monoisotopic (exact) mass is 318 g/mol. The lowest BCUT2D eigenvalue weighted by Crippen LogP contribution is -2.27. The molecule has 0 radical (unpaired) electrons. The summed E-state index contributed by atoms with van der Waals surface area (Å²) in [6.07, 6.45) is 4.72. The van der Waals surface area contributed by atoms with E-state index in [2.05, 4.69) is 26.3 Å². The van der Waals surface area contributed by atoms with Crippen molar-refractivity contribution < 1.29 is 4.79 Å². The molecule has 1 N–H and O–H groups in total. The summed E-state index contributed by atoms with van der Waals surface area (Å²) < 4.78 is 0. The first kappa shape index (κ1) is 15.8. The number of nitrogens with one attached hydrogen (secondary N) is 1. The summed E-state index contributed by atoms with van der Waals surface area (Å²) in [5, 5.41) is 2.91. The van der Waals surface area contributed by atoms with Crippen LogP contribution in [0.5, 0.6) is 0 Å². The predicted octanol–water partition coefficient (Wildman–Crippen LogP) is 3.34. The Labute approximate surface area is 140 Å². The standard InChI is InChI=1S/C19H18N4O/c1-13-4-3-5-15(10-13)18-7-6-16(11-21-18)19(24)23-14(2)17-8-9-20-12-22-17/h3-12,14H,1-2H3,(H,23,24). The highest BCUT2D eigenvalue weighted by atomic mass is 16.1. The first-order valence-electron chi connectivity index (χ1n) is 7.73. The van der Waals surface area contributed by atoms with Crippen LogP contribution in [0.15, 0.2) is 61.2 Å². The summed E-state index contributed by atoms with van der Waals surface area (Å²) in [4.78, 5) is 24.8. The zero-order valence-electron chi connectivity index (χ0n) is 13.6.